The molecule has 5 heteroatoms. The summed E-state index contributed by atoms with van der Waals surface area (Å²) in [5.41, 5.74) is 0. The maximum atomic E-state index is 11.5. The van der Waals surface area contributed by atoms with Crippen LogP contribution in [-0.4, -0.2) is 37.9 Å². The second kappa shape index (κ2) is 6.96. The Balaban J connectivity index is 2.62. The van der Waals surface area contributed by atoms with Crippen molar-refractivity contribution in [3.8, 4) is 0 Å². The van der Waals surface area contributed by atoms with Gasteiger partial charge in [0.2, 0.25) is 0 Å². The van der Waals surface area contributed by atoms with Gasteiger partial charge in [0, 0.05) is 6.42 Å². The average Bonchev–Trinajstić information content (AvgIpc) is 2.72. The Kier molecular flexibility index (Phi) is 5.58. The van der Waals surface area contributed by atoms with Crippen LogP contribution in [0, 0.1) is 5.92 Å². The van der Waals surface area contributed by atoms with E-state index in [4.69, 9.17) is 9.15 Å². The molecular weight excluding hydrogens is 234 g/mol. The van der Waals surface area contributed by atoms with Gasteiger partial charge in [-0.15, -0.1) is 0 Å². The molecule has 0 aromatic carbocycles. The van der Waals surface area contributed by atoms with E-state index < -0.39 is 11.9 Å². The highest BCUT2D eigenvalue weighted by Gasteiger charge is 2.21. The smallest absolute Gasteiger partial charge is 0.316 e. The largest absolute Gasteiger partial charge is 0.465 e. The quantitative estimate of drug-likeness (QED) is 0.416. The van der Waals surface area contributed by atoms with Gasteiger partial charge in [-0.05, 0) is 33.2 Å². The zero-order valence-electron chi connectivity index (χ0n) is 11.0. The number of carbonyl (C=O) groups is 2. The van der Waals surface area contributed by atoms with Crippen LogP contribution in [0.5, 0.6) is 0 Å². The number of carbonyl (C=O) groups excluding carboxylic acids is 2. The van der Waals surface area contributed by atoms with Crippen molar-refractivity contribution in [1.29, 1.82) is 0 Å². The van der Waals surface area contributed by atoms with Gasteiger partial charge in [0.1, 0.15) is 23.7 Å². The van der Waals surface area contributed by atoms with Crippen LogP contribution in [-0.2, 0) is 27.3 Å². The van der Waals surface area contributed by atoms with Gasteiger partial charge in [-0.3, -0.25) is 4.79 Å². The van der Waals surface area contributed by atoms with E-state index in [9.17, 15) is 9.59 Å². The number of ether oxygens (including phenoxy) is 1. The molecule has 1 atom stereocenters. The predicted octanol–water partition coefficient (Wildman–Crippen LogP) is 1.26. The second-order valence-electron chi connectivity index (χ2n) is 4.30. The molecule has 1 unspecified atom stereocenters. The Labute approximate surface area is 107 Å². The number of aldehydes is 1. The first-order valence-electron chi connectivity index (χ1n) is 5.91. The van der Waals surface area contributed by atoms with E-state index in [1.54, 1.807) is 13.0 Å². The first-order valence-corrected chi connectivity index (χ1v) is 5.91. The second-order valence-corrected chi connectivity index (χ2v) is 4.30. The summed E-state index contributed by atoms with van der Waals surface area (Å²) >= 11 is 0. The van der Waals surface area contributed by atoms with Crippen LogP contribution in [0.2, 0.25) is 0 Å². The molecule has 100 valence electrons. The van der Waals surface area contributed by atoms with E-state index in [0.717, 1.165) is 5.76 Å². The first kappa shape index (κ1) is 14.4. The van der Waals surface area contributed by atoms with Gasteiger partial charge >= 0.3 is 5.97 Å². The van der Waals surface area contributed by atoms with Gasteiger partial charge in [0.25, 0.3) is 0 Å². The normalized spacial score (nSPS) is 12.4. The lowest BCUT2D eigenvalue weighted by molar-refractivity contribution is -0.149. The van der Waals surface area contributed by atoms with E-state index in [2.05, 4.69) is 0 Å². The van der Waals surface area contributed by atoms with E-state index in [0.29, 0.717) is 18.6 Å². The standard InChI is InChI=1S/C13H19NO4/c1-4-17-13(16)10(9-15)7-11-5-6-12(18-11)8-14(2)3/h5-6,9-10H,4,7-8H2,1-3H3. The first-order chi connectivity index (χ1) is 8.56. The van der Waals surface area contributed by atoms with Crippen LogP contribution in [0.1, 0.15) is 18.4 Å². The summed E-state index contributed by atoms with van der Waals surface area (Å²) < 4.78 is 10.4. The summed E-state index contributed by atoms with van der Waals surface area (Å²) in [6, 6.07) is 3.64. The fourth-order valence-corrected chi connectivity index (χ4v) is 1.58. The molecule has 0 aliphatic rings. The van der Waals surface area contributed by atoms with Crippen molar-refractivity contribution in [3.05, 3.63) is 23.7 Å². The number of hydrogen-bond acceptors (Lipinski definition) is 5. The van der Waals surface area contributed by atoms with Crippen molar-refractivity contribution in [2.24, 2.45) is 5.92 Å². The van der Waals surface area contributed by atoms with Gasteiger partial charge < -0.3 is 18.8 Å². The maximum Gasteiger partial charge on any atom is 0.316 e. The fraction of sp³-hybridized carbons (Fsp3) is 0.538. The monoisotopic (exact) mass is 253 g/mol. The third-order valence-electron chi connectivity index (χ3n) is 2.36. The Hall–Kier alpha value is -1.62. The van der Waals surface area contributed by atoms with Crippen LogP contribution in [0.4, 0.5) is 0 Å². The SMILES string of the molecule is CCOC(=O)C(C=O)Cc1ccc(CN(C)C)o1. The maximum absolute atomic E-state index is 11.5. The minimum Gasteiger partial charge on any atom is -0.465 e. The predicted molar refractivity (Wildman–Crippen MR) is 66.0 cm³/mol. The molecule has 0 spiro atoms. The molecule has 0 N–H and O–H groups in total. The lowest BCUT2D eigenvalue weighted by Crippen LogP contribution is -2.21. The van der Waals surface area contributed by atoms with E-state index in [-0.39, 0.29) is 13.0 Å². The molecule has 1 aromatic rings. The van der Waals surface area contributed by atoms with Gasteiger partial charge in [-0.25, -0.2) is 0 Å². The van der Waals surface area contributed by atoms with Gasteiger partial charge in [0.05, 0.1) is 13.2 Å². The van der Waals surface area contributed by atoms with Crippen LogP contribution in [0.25, 0.3) is 0 Å². The van der Waals surface area contributed by atoms with Crippen molar-refractivity contribution in [3.63, 3.8) is 0 Å². The molecule has 0 bridgehead atoms. The molecule has 0 radical (unpaired) electrons. The van der Waals surface area contributed by atoms with Crippen molar-refractivity contribution >= 4 is 12.3 Å². The highest BCUT2D eigenvalue weighted by Crippen LogP contribution is 2.14. The summed E-state index contributed by atoms with van der Waals surface area (Å²) in [6.45, 7) is 2.67. The average molecular weight is 253 g/mol. The van der Waals surface area contributed by atoms with E-state index in [1.807, 2.05) is 25.1 Å². The molecule has 5 nitrogen and oxygen atoms in total. The van der Waals surface area contributed by atoms with Crippen LogP contribution < -0.4 is 0 Å². The van der Waals surface area contributed by atoms with Gasteiger partial charge in [-0.2, -0.15) is 0 Å². The Morgan fingerprint density at radius 2 is 2.11 bits per heavy atom. The molecule has 0 aliphatic heterocycles. The molecule has 0 aliphatic carbocycles. The van der Waals surface area contributed by atoms with Crippen LogP contribution in [0.3, 0.4) is 0 Å². The van der Waals surface area contributed by atoms with Crippen molar-refractivity contribution in [2.45, 2.75) is 19.9 Å². The Morgan fingerprint density at radius 3 is 2.67 bits per heavy atom. The molecule has 0 saturated carbocycles. The number of furan rings is 1. The lowest BCUT2D eigenvalue weighted by Gasteiger charge is -2.08. The van der Waals surface area contributed by atoms with Crippen molar-refractivity contribution in [1.82, 2.24) is 4.90 Å². The van der Waals surface area contributed by atoms with Crippen molar-refractivity contribution in [2.75, 3.05) is 20.7 Å². The summed E-state index contributed by atoms with van der Waals surface area (Å²) in [6.07, 6.45) is 0.849. The molecule has 0 fully saturated rings. The minimum atomic E-state index is -0.789. The van der Waals surface area contributed by atoms with E-state index >= 15 is 0 Å². The molecule has 18 heavy (non-hydrogen) atoms. The summed E-state index contributed by atoms with van der Waals surface area (Å²) in [4.78, 5) is 24.3. The molecule has 0 amide bonds. The number of esters is 1. The Morgan fingerprint density at radius 1 is 1.44 bits per heavy atom. The fourth-order valence-electron chi connectivity index (χ4n) is 1.58. The number of hydrogen-bond donors (Lipinski definition) is 0. The number of nitrogens with zero attached hydrogens (tertiary/aromatic N) is 1. The summed E-state index contributed by atoms with van der Waals surface area (Å²) in [5, 5.41) is 0. The third kappa shape index (κ3) is 4.33. The minimum absolute atomic E-state index is 0.246. The summed E-state index contributed by atoms with van der Waals surface area (Å²) in [5.74, 6) is 0.141. The number of rotatable bonds is 7. The molecule has 1 heterocycles. The van der Waals surface area contributed by atoms with Crippen LogP contribution >= 0.6 is 0 Å². The lowest BCUT2D eigenvalue weighted by atomic mass is 10.1. The zero-order valence-corrected chi connectivity index (χ0v) is 11.0. The third-order valence-corrected chi connectivity index (χ3v) is 2.36. The van der Waals surface area contributed by atoms with Gasteiger partial charge in [-0.1, -0.05) is 0 Å². The Bertz CT molecular complexity index is 397. The topological polar surface area (TPSA) is 59.8 Å². The molecule has 1 aromatic heterocycles. The highest BCUT2D eigenvalue weighted by atomic mass is 16.5. The molecule has 0 saturated heterocycles. The highest BCUT2D eigenvalue weighted by molar-refractivity contribution is 5.87. The zero-order chi connectivity index (χ0) is 13.5. The van der Waals surface area contributed by atoms with Crippen molar-refractivity contribution < 1.29 is 18.7 Å². The molecular formula is C13H19NO4. The van der Waals surface area contributed by atoms with Crippen LogP contribution in [0.15, 0.2) is 16.5 Å². The van der Waals surface area contributed by atoms with E-state index in [1.165, 1.54) is 0 Å². The summed E-state index contributed by atoms with van der Waals surface area (Å²) in [7, 11) is 3.88. The molecule has 1 rings (SSSR count). The van der Waals surface area contributed by atoms with Gasteiger partial charge in [0.15, 0.2) is 0 Å².